The molecule has 1 aromatic carbocycles. The van der Waals surface area contributed by atoms with E-state index in [1.165, 1.54) is 5.56 Å². The first-order valence-electron chi connectivity index (χ1n) is 5.97. The Kier molecular flexibility index (Phi) is 4.64. The third-order valence-corrected chi connectivity index (χ3v) is 3.51. The molecule has 0 atom stereocenters. The van der Waals surface area contributed by atoms with Gasteiger partial charge in [0.1, 0.15) is 0 Å². The van der Waals surface area contributed by atoms with Gasteiger partial charge in [-0.25, -0.2) is 4.79 Å². The molecule has 0 fully saturated rings. The molecule has 1 aromatic rings. The fourth-order valence-electron chi connectivity index (χ4n) is 1.58. The van der Waals surface area contributed by atoms with Crippen molar-refractivity contribution in [1.82, 2.24) is 5.32 Å². The first kappa shape index (κ1) is 13.0. The molecule has 1 aliphatic heterocycles. The van der Waals surface area contributed by atoms with Crippen molar-refractivity contribution in [3.8, 4) is 0 Å². The number of thioether (sulfide) groups is 1. The summed E-state index contributed by atoms with van der Waals surface area (Å²) < 4.78 is 4.94. The fraction of sp³-hybridized carbons (Fsp3) is 0.385. The zero-order valence-corrected chi connectivity index (χ0v) is 11.1. The van der Waals surface area contributed by atoms with Crippen molar-refractivity contribution >= 4 is 22.9 Å². The number of aliphatic imine (C=N–C) groups is 1. The number of hydrogen-bond acceptors (Lipinski definition) is 5. The topological polar surface area (TPSA) is 50.7 Å². The van der Waals surface area contributed by atoms with Crippen molar-refractivity contribution in [3.63, 3.8) is 0 Å². The third-order valence-electron chi connectivity index (χ3n) is 2.48. The van der Waals surface area contributed by atoms with Crippen LogP contribution in [0.1, 0.15) is 22.8 Å². The van der Waals surface area contributed by atoms with Gasteiger partial charge < -0.3 is 10.1 Å². The Balaban J connectivity index is 1.89. The van der Waals surface area contributed by atoms with Crippen LogP contribution in [0, 0.1) is 0 Å². The van der Waals surface area contributed by atoms with E-state index in [-0.39, 0.29) is 5.97 Å². The summed E-state index contributed by atoms with van der Waals surface area (Å²) in [5.74, 6) is 0.591. The lowest BCUT2D eigenvalue weighted by molar-refractivity contribution is 0.0526. The van der Waals surface area contributed by atoms with Crippen molar-refractivity contribution in [2.45, 2.75) is 12.7 Å². The Morgan fingerprint density at radius 2 is 2.22 bits per heavy atom. The molecule has 0 saturated carbocycles. The summed E-state index contributed by atoms with van der Waals surface area (Å²) in [4.78, 5) is 15.8. The van der Waals surface area contributed by atoms with E-state index < -0.39 is 0 Å². The van der Waals surface area contributed by atoms with Crippen LogP contribution in [0.2, 0.25) is 0 Å². The molecule has 0 radical (unpaired) electrons. The first-order chi connectivity index (χ1) is 8.79. The van der Waals surface area contributed by atoms with Crippen LogP contribution < -0.4 is 5.32 Å². The number of benzene rings is 1. The summed E-state index contributed by atoms with van der Waals surface area (Å²) >= 11 is 1.68. The number of nitrogens with one attached hydrogen (secondary N) is 1. The van der Waals surface area contributed by atoms with Gasteiger partial charge in [-0.05, 0) is 24.6 Å². The highest BCUT2D eigenvalue weighted by Gasteiger charge is 2.08. The Bertz CT molecular complexity index is 443. The molecule has 1 heterocycles. The van der Waals surface area contributed by atoms with Gasteiger partial charge >= 0.3 is 5.97 Å². The normalized spacial score (nSPS) is 13.9. The van der Waals surface area contributed by atoms with Gasteiger partial charge in [-0.2, -0.15) is 0 Å². The smallest absolute Gasteiger partial charge is 0.338 e. The minimum Gasteiger partial charge on any atom is -0.462 e. The van der Waals surface area contributed by atoms with E-state index in [0.29, 0.717) is 12.2 Å². The molecule has 0 saturated heterocycles. The molecule has 4 nitrogen and oxygen atoms in total. The molecule has 1 aliphatic rings. The van der Waals surface area contributed by atoms with Crippen LogP contribution in [0.15, 0.2) is 29.3 Å². The van der Waals surface area contributed by atoms with Crippen molar-refractivity contribution in [2.24, 2.45) is 4.99 Å². The minimum absolute atomic E-state index is 0.265. The molecular formula is C13H16N2O2S. The first-order valence-corrected chi connectivity index (χ1v) is 6.95. The summed E-state index contributed by atoms with van der Waals surface area (Å²) in [6.45, 7) is 4.01. The van der Waals surface area contributed by atoms with Crippen molar-refractivity contribution in [3.05, 3.63) is 35.4 Å². The maximum Gasteiger partial charge on any atom is 0.338 e. The van der Waals surface area contributed by atoms with E-state index in [9.17, 15) is 4.79 Å². The van der Waals surface area contributed by atoms with Gasteiger partial charge in [0.25, 0.3) is 0 Å². The highest BCUT2D eigenvalue weighted by atomic mass is 32.2. The number of amidine groups is 1. The average Bonchev–Trinajstić information content (AvgIpc) is 2.90. The number of rotatable bonds is 4. The van der Waals surface area contributed by atoms with Crippen LogP contribution in [-0.2, 0) is 10.5 Å². The van der Waals surface area contributed by atoms with Gasteiger partial charge in [-0.1, -0.05) is 23.9 Å². The van der Waals surface area contributed by atoms with Crippen LogP contribution >= 0.6 is 11.8 Å². The van der Waals surface area contributed by atoms with Gasteiger partial charge in [-0.3, -0.25) is 4.99 Å². The molecule has 5 heteroatoms. The molecule has 0 aliphatic carbocycles. The van der Waals surface area contributed by atoms with Gasteiger partial charge in [-0.15, -0.1) is 0 Å². The van der Waals surface area contributed by atoms with E-state index in [1.54, 1.807) is 30.8 Å². The Hall–Kier alpha value is -1.49. The van der Waals surface area contributed by atoms with Crippen LogP contribution in [0.4, 0.5) is 0 Å². The van der Waals surface area contributed by atoms with Crippen LogP contribution in [0.5, 0.6) is 0 Å². The SMILES string of the molecule is CCOC(=O)c1ccc(CSC2=NCCN2)cc1. The molecule has 96 valence electrons. The summed E-state index contributed by atoms with van der Waals surface area (Å²) in [7, 11) is 0. The van der Waals surface area contributed by atoms with Gasteiger partial charge in [0.05, 0.1) is 18.7 Å². The molecule has 2 rings (SSSR count). The third kappa shape index (κ3) is 3.50. The number of hydrogen-bond donors (Lipinski definition) is 1. The number of carbonyl (C=O) groups excluding carboxylic acids is 1. The van der Waals surface area contributed by atoms with E-state index in [1.807, 2.05) is 12.1 Å². The number of esters is 1. The molecule has 0 spiro atoms. The number of carbonyl (C=O) groups is 1. The molecule has 0 aromatic heterocycles. The Morgan fingerprint density at radius 3 is 2.83 bits per heavy atom. The van der Waals surface area contributed by atoms with Gasteiger partial charge in [0.2, 0.25) is 0 Å². The second-order valence-corrected chi connectivity index (χ2v) is 4.78. The standard InChI is InChI=1S/C13H16N2O2S/c1-2-17-12(16)11-5-3-10(4-6-11)9-18-13-14-7-8-15-13/h3-6H,2,7-9H2,1H3,(H,14,15). The predicted octanol–water partition coefficient (Wildman–Crippen LogP) is 2.06. The number of ether oxygens (including phenoxy) is 1. The molecule has 1 N–H and O–H groups in total. The van der Waals surface area contributed by atoms with Crippen molar-refractivity contribution < 1.29 is 9.53 Å². The Morgan fingerprint density at radius 1 is 1.44 bits per heavy atom. The molecule has 18 heavy (non-hydrogen) atoms. The summed E-state index contributed by atoms with van der Waals surface area (Å²) in [5, 5.41) is 4.22. The van der Waals surface area contributed by atoms with Crippen molar-refractivity contribution in [1.29, 1.82) is 0 Å². The van der Waals surface area contributed by atoms with Gasteiger partial charge in [0, 0.05) is 12.3 Å². The molecule has 0 amide bonds. The minimum atomic E-state index is -0.265. The summed E-state index contributed by atoms with van der Waals surface area (Å²) in [5.41, 5.74) is 1.77. The molecular weight excluding hydrogens is 248 g/mol. The lowest BCUT2D eigenvalue weighted by Gasteiger charge is -2.04. The van der Waals surface area contributed by atoms with E-state index >= 15 is 0 Å². The zero-order chi connectivity index (χ0) is 12.8. The second kappa shape index (κ2) is 6.44. The van der Waals surface area contributed by atoms with E-state index in [4.69, 9.17) is 4.74 Å². The highest BCUT2D eigenvalue weighted by molar-refractivity contribution is 8.13. The van der Waals surface area contributed by atoms with Crippen LogP contribution in [-0.4, -0.2) is 30.8 Å². The summed E-state index contributed by atoms with van der Waals surface area (Å²) in [6, 6.07) is 7.51. The zero-order valence-electron chi connectivity index (χ0n) is 10.3. The summed E-state index contributed by atoms with van der Waals surface area (Å²) in [6.07, 6.45) is 0. The van der Waals surface area contributed by atoms with Crippen molar-refractivity contribution in [2.75, 3.05) is 19.7 Å². The van der Waals surface area contributed by atoms with Gasteiger partial charge in [0.15, 0.2) is 5.17 Å². The monoisotopic (exact) mass is 264 g/mol. The molecule has 0 unspecified atom stereocenters. The van der Waals surface area contributed by atoms with Crippen LogP contribution in [0.25, 0.3) is 0 Å². The largest absolute Gasteiger partial charge is 0.462 e. The van der Waals surface area contributed by atoms with Crippen LogP contribution in [0.3, 0.4) is 0 Å². The second-order valence-electron chi connectivity index (χ2n) is 3.82. The van der Waals surface area contributed by atoms with E-state index in [0.717, 1.165) is 24.0 Å². The Labute approximate surface area is 111 Å². The van der Waals surface area contributed by atoms with E-state index in [2.05, 4.69) is 10.3 Å². The lowest BCUT2D eigenvalue weighted by Crippen LogP contribution is -2.15. The number of nitrogens with zero attached hydrogens (tertiary/aromatic N) is 1. The quantitative estimate of drug-likeness (QED) is 0.846. The fourth-order valence-corrected chi connectivity index (χ4v) is 2.46. The maximum atomic E-state index is 11.5. The molecule has 0 bridgehead atoms. The lowest BCUT2D eigenvalue weighted by atomic mass is 10.1. The maximum absolute atomic E-state index is 11.5. The average molecular weight is 264 g/mol. The predicted molar refractivity (Wildman–Crippen MR) is 74.0 cm³/mol. The highest BCUT2D eigenvalue weighted by Crippen LogP contribution is 2.15.